The standard InChI is InChI=1S/C22H23NO3S/c23-18-5-3-4-17(14-18)19-8-9-22(21-7-2-1-6-20(19)21)26-12-10-16-11-13-27(24,25)15-16/h1-9,14,16H,10-13,15,23H2. The normalized spacial score (nSPS) is 18.6. The summed E-state index contributed by atoms with van der Waals surface area (Å²) in [6.45, 7) is 0.530. The predicted octanol–water partition coefficient (Wildman–Crippen LogP) is 4.29. The van der Waals surface area contributed by atoms with Crippen LogP contribution in [0.25, 0.3) is 21.9 Å². The maximum atomic E-state index is 11.6. The van der Waals surface area contributed by atoms with Gasteiger partial charge in [-0.05, 0) is 53.5 Å². The van der Waals surface area contributed by atoms with Gasteiger partial charge in [0, 0.05) is 11.1 Å². The number of nitrogen functional groups attached to an aromatic ring is 1. The van der Waals surface area contributed by atoms with E-state index in [2.05, 4.69) is 24.3 Å². The highest BCUT2D eigenvalue weighted by Gasteiger charge is 2.27. The van der Waals surface area contributed by atoms with E-state index in [9.17, 15) is 8.42 Å². The van der Waals surface area contributed by atoms with Crippen LogP contribution in [0.5, 0.6) is 5.75 Å². The van der Waals surface area contributed by atoms with E-state index in [0.29, 0.717) is 18.1 Å². The van der Waals surface area contributed by atoms with Crippen molar-refractivity contribution in [3.8, 4) is 16.9 Å². The second kappa shape index (κ2) is 7.24. The SMILES string of the molecule is Nc1cccc(-c2ccc(OCCC3CCS(=O)(=O)C3)c3ccccc23)c1. The Morgan fingerprint density at radius 2 is 1.81 bits per heavy atom. The molecule has 4 nitrogen and oxygen atoms in total. The lowest BCUT2D eigenvalue weighted by Gasteiger charge is -2.14. The molecule has 0 spiro atoms. The van der Waals surface area contributed by atoms with Gasteiger partial charge in [-0.2, -0.15) is 0 Å². The molecular formula is C22H23NO3S. The van der Waals surface area contributed by atoms with Crippen LogP contribution in [0, 0.1) is 5.92 Å². The number of hydrogen-bond acceptors (Lipinski definition) is 4. The summed E-state index contributed by atoms with van der Waals surface area (Å²) in [6.07, 6.45) is 1.52. The number of benzene rings is 3. The summed E-state index contributed by atoms with van der Waals surface area (Å²) in [4.78, 5) is 0. The summed E-state index contributed by atoms with van der Waals surface area (Å²) < 4.78 is 29.2. The summed E-state index contributed by atoms with van der Waals surface area (Å²) in [5, 5.41) is 2.17. The molecule has 0 aliphatic carbocycles. The number of anilines is 1. The average Bonchev–Trinajstić information content (AvgIpc) is 3.00. The van der Waals surface area contributed by atoms with Gasteiger partial charge in [0.2, 0.25) is 0 Å². The molecule has 3 aromatic carbocycles. The van der Waals surface area contributed by atoms with Gasteiger partial charge in [0.15, 0.2) is 9.84 Å². The zero-order chi connectivity index (χ0) is 18.9. The molecule has 1 fully saturated rings. The third kappa shape index (κ3) is 3.93. The minimum Gasteiger partial charge on any atom is -0.493 e. The van der Waals surface area contributed by atoms with Crippen molar-refractivity contribution in [2.75, 3.05) is 23.8 Å². The van der Waals surface area contributed by atoms with Gasteiger partial charge in [-0.1, -0.05) is 42.5 Å². The topological polar surface area (TPSA) is 69.4 Å². The molecular weight excluding hydrogens is 358 g/mol. The van der Waals surface area contributed by atoms with Gasteiger partial charge in [0.1, 0.15) is 5.75 Å². The van der Waals surface area contributed by atoms with Crippen molar-refractivity contribution in [1.82, 2.24) is 0 Å². The first kappa shape index (κ1) is 17.9. The summed E-state index contributed by atoms with van der Waals surface area (Å²) in [5.41, 5.74) is 8.88. The molecule has 27 heavy (non-hydrogen) atoms. The number of fused-ring (bicyclic) bond motifs is 1. The third-order valence-electron chi connectivity index (χ3n) is 5.19. The second-order valence-electron chi connectivity index (χ2n) is 7.19. The molecule has 1 unspecified atom stereocenters. The van der Waals surface area contributed by atoms with Gasteiger partial charge in [0.25, 0.3) is 0 Å². The van der Waals surface area contributed by atoms with E-state index >= 15 is 0 Å². The van der Waals surface area contributed by atoms with Crippen molar-refractivity contribution in [3.05, 3.63) is 60.7 Å². The minimum atomic E-state index is -2.83. The van der Waals surface area contributed by atoms with Crippen molar-refractivity contribution < 1.29 is 13.2 Å². The zero-order valence-electron chi connectivity index (χ0n) is 15.1. The molecule has 0 aromatic heterocycles. The van der Waals surface area contributed by atoms with Gasteiger partial charge in [-0.15, -0.1) is 0 Å². The van der Waals surface area contributed by atoms with E-state index in [4.69, 9.17) is 10.5 Å². The number of ether oxygens (including phenoxy) is 1. The Labute approximate surface area is 159 Å². The monoisotopic (exact) mass is 381 g/mol. The van der Waals surface area contributed by atoms with Crippen LogP contribution >= 0.6 is 0 Å². The smallest absolute Gasteiger partial charge is 0.150 e. The predicted molar refractivity (Wildman–Crippen MR) is 111 cm³/mol. The second-order valence-corrected chi connectivity index (χ2v) is 9.42. The quantitative estimate of drug-likeness (QED) is 0.669. The molecule has 0 bridgehead atoms. The first-order valence-electron chi connectivity index (χ1n) is 9.23. The molecule has 0 amide bonds. The Bertz CT molecular complexity index is 1080. The van der Waals surface area contributed by atoms with Crippen LogP contribution in [0.3, 0.4) is 0 Å². The fourth-order valence-electron chi connectivity index (χ4n) is 3.79. The van der Waals surface area contributed by atoms with Crippen LogP contribution < -0.4 is 10.5 Å². The summed E-state index contributed by atoms with van der Waals surface area (Å²) in [5.74, 6) is 1.66. The summed E-state index contributed by atoms with van der Waals surface area (Å²) in [7, 11) is -2.83. The van der Waals surface area contributed by atoms with Gasteiger partial charge < -0.3 is 10.5 Å². The van der Waals surface area contributed by atoms with Crippen molar-refractivity contribution in [2.45, 2.75) is 12.8 Å². The van der Waals surface area contributed by atoms with E-state index in [-0.39, 0.29) is 5.92 Å². The van der Waals surface area contributed by atoms with E-state index in [1.54, 1.807) is 0 Å². The Morgan fingerprint density at radius 3 is 2.56 bits per heavy atom. The van der Waals surface area contributed by atoms with Crippen LogP contribution in [-0.2, 0) is 9.84 Å². The van der Waals surface area contributed by atoms with E-state index < -0.39 is 9.84 Å². The van der Waals surface area contributed by atoms with Gasteiger partial charge in [-0.25, -0.2) is 8.42 Å². The molecule has 1 aliphatic rings. The molecule has 0 radical (unpaired) electrons. The number of hydrogen-bond donors (Lipinski definition) is 1. The molecule has 0 saturated carbocycles. The van der Waals surface area contributed by atoms with Crippen LogP contribution in [-0.4, -0.2) is 26.5 Å². The molecule has 3 aromatic rings. The number of nitrogens with two attached hydrogens (primary N) is 1. The fraction of sp³-hybridized carbons (Fsp3) is 0.273. The molecule has 5 heteroatoms. The highest BCUT2D eigenvalue weighted by Crippen LogP contribution is 2.35. The van der Waals surface area contributed by atoms with Crippen LogP contribution in [0.4, 0.5) is 5.69 Å². The number of sulfone groups is 1. The molecule has 2 N–H and O–H groups in total. The Kier molecular flexibility index (Phi) is 4.79. The molecule has 1 heterocycles. The molecule has 140 valence electrons. The van der Waals surface area contributed by atoms with Crippen molar-refractivity contribution >= 4 is 26.3 Å². The maximum absolute atomic E-state index is 11.6. The van der Waals surface area contributed by atoms with Crippen molar-refractivity contribution in [3.63, 3.8) is 0 Å². The van der Waals surface area contributed by atoms with Crippen molar-refractivity contribution in [1.29, 1.82) is 0 Å². The highest BCUT2D eigenvalue weighted by molar-refractivity contribution is 7.91. The minimum absolute atomic E-state index is 0.216. The zero-order valence-corrected chi connectivity index (χ0v) is 15.9. The van der Waals surface area contributed by atoms with Gasteiger partial charge in [-0.3, -0.25) is 0 Å². The van der Waals surface area contributed by atoms with Crippen molar-refractivity contribution in [2.24, 2.45) is 5.92 Å². The Hall–Kier alpha value is -2.53. The van der Waals surface area contributed by atoms with Gasteiger partial charge >= 0.3 is 0 Å². The highest BCUT2D eigenvalue weighted by atomic mass is 32.2. The van der Waals surface area contributed by atoms with Crippen LogP contribution in [0.15, 0.2) is 60.7 Å². The lowest BCUT2D eigenvalue weighted by Crippen LogP contribution is -2.09. The Morgan fingerprint density at radius 1 is 1.00 bits per heavy atom. The lowest BCUT2D eigenvalue weighted by atomic mass is 9.97. The van der Waals surface area contributed by atoms with Gasteiger partial charge in [0.05, 0.1) is 18.1 Å². The van der Waals surface area contributed by atoms with E-state index in [0.717, 1.165) is 46.2 Å². The van der Waals surface area contributed by atoms with Crippen LogP contribution in [0.1, 0.15) is 12.8 Å². The average molecular weight is 381 g/mol. The summed E-state index contributed by atoms with van der Waals surface area (Å²) in [6, 6.07) is 20.1. The van der Waals surface area contributed by atoms with E-state index in [1.165, 1.54) is 0 Å². The lowest BCUT2D eigenvalue weighted by molar-refractivity contribution is 0.288. The fourth-order valence-corrected chi connectivity index (χ4v) is 5.70. The summed E-state index contributed by atoms with van der Waals surface area (Å²) >= 11 is 0. The van der Waals surface area contributed by atoms with E-state index in [1.807, 2.05) is 36.4 Å². The Balaban J connectivity index is 1.57. The molecule has 1 aliphatic heterocycles. The third-order valence-corrected chi connectivity index (χ3v) is 7.03. The molecule has 1 saturated heterocycles. The number of rotatable bonds is 5. The molecule has 4 rings (SSSR count). The van der Waals surface area contributed by atoms with Crippen LogP contribution in [0.2, 0.25) is 0 Å². The first-order chi connectivity index (χ1) is 13.0. The largest absolute Gasteiger partial charge is 0.493 e. The first-order valence-corrected chi connectivity index (χ1v) is 11.0. The maximum Gasteiger partial charge on any atom is 0.150 e. The molecule has 1 atom stereocenters.